The van der Waals surface area contributed by atoms with Gasteiger partial charge in [0.05, 0.1) is 12.0 Å². The van der Waals surface area contributed by atoms with Crippen LogP contribution < -0.4 is 0 Å². The average molecular weight is 482 g/mol. The minimum absolute atomic E-state index is 0.00140. The maximum absolute atomic E-state index is 14.3. The van der Waals surface area contributed by atoms with Crippen molar-refractivity contribution < 1.29 is 26.8 Å². The minimum Gasteiger partial charge on any atom is -0.438 e. The SMILES string of the molecule is O=C(c1ocnc1C(F)F)N1CCc2[nH]cnc2[C@H]1c1nc2cc(Br)cc(F)c2o1. The highest BCUT2D eigenvalue weighted by atomic mass is 79.9. The molecule has 5 rings (SSSR count). The monoisotopic (exact) mass is 481 g/mol. The Balaban J connectivity index is 1.64. The first kappa shape index (κ1) is 18.9. The summed E-state index contributed by atoms with van der Waals surface area (Å²) in [6.45, 7) is 0.146. The fourth-order valence-corrected chi connectivity index (χ4v) is 3.96. The first-order chi connectivity index (χ1) is 14.4. The zero-order valence-corrected chi connectivity index (χ0v) is 16.5. The summed E-state index contributed by atoms with van der Waals surface area (Å²) >= 11 is 3.20. The quantitative estimate of drug-likeness (QED) is 0.471. The van der Waals surface area contributed by atoms with E-state index in [0.29, 0.717) is 16.6 Å². The third-order valence-corrected chi connectivity index (χ3v) is 5.30. The van der Waals surface area contributed by atoms with Crippen LogP contribution in [-0.4, -0.2) is 37.3 Å². The maximum Gasteiger partial charge on any atom is 0.292 e. The van der Waals surface area contributed by atoms with Gasteiger partial charge < -0.3 is 18.7 Å². The lowest BCUT2D eigenvalue weighted by molar-refractivity contribution is 0.0620. The molecule has 0 aliphatic carbocycles. The van der Waals surface area contributed by atoms with Crippen molar-refractivity contribution >= 4 is 32.9 Å². The van der Waals surface area contributed by atoms with Crippen molar-refractivity contribution in [3.05, 3.63) is 63.9 Å². The molecule has 12 heteroatoms. The number of nitrogens with one attached hydrogen (secondary N) is 1. The van der Waals surface area contributed by atoms with Crippen LogP contribution in [0.15, 0.2) is 38.2 Å². The van der Waals surface area contributed by atoms with Gasteiger partial charge in [-0.15, -0.1) is 0 Å². The molecular formula is C18H11BrF3N5O3. The summed E-state index contributed by atoms with van der Waals surface area (Å²) in [4.78, 5) is 29.4. The number of amides is 1. The van der Waals surface area contributed by atoms with Crippen LogP contribution in [0.2, 0.25) is 0 Å². The molecule has 0 saturated carbocycles. The summed E-state index contributed by atoms with van der Waals surface area (Å²) < 4.78 is 51.8. The summed E-state index contributed by atoms with van der Waals surface area (Å²) in [5, 5.41) is 0. The van der Waals surface area contributed by atoms with Gasteiger partial charge in [0.1, 0.15) is 5.52 Å². The van der Waals surface area contributed by atoms with Crippen LogP contribution in [-0.2, 0) is 6.42 Å². The first-order valence-corrected chi connectivity index (χ1v) is 9.53. The second kappa shape index (κ2) is 6.97. The summed E-state index contributed by atoms with van der Waals surface area (Å²) in [5.41, 5.74) is 0.563. The van der Waals surface area contributed by atoms with Crippen LogP contribution in [0.3, 0.4) is 0 Å². The molecular weight excluding hydrogens is 471 g/mol. The number of rotatable bonds is 3. The number of nitrogens with zero attached hydrogens (tertiary/aromatic N) is 4. The van der Waals surface area contributed by atoms with Crippen molar-refractivity contribution in [2.45, 2.75) is 18.9 Å². The van der Waals surface area contributed by atoms with Crippen molar-refractivity contribution in [3.8, 4) is 0 Å². The molecule has 3 aromatic heterocycles. The van der Waals surface area contributed by atoms with Gasteiger partial charge in [-0.25, -0.2) is 28.1 Å². The van der Waals surface area contributed by atoms with E-state index in [2.05, 4.69) is 35.9 Å². The standard InChI is InChI=1S/C18H11BrF3N5O3/c19-7-3-8(20)14-10(4-7)26-17(30-14)13-11-9(23-5-24-11)1-2-27(13)18(28)15-12(16(21)22)25-6-29-15/h3-6,13,16H,1-2H2,(H,23,24)/t13-/m0/s1. The lowest BCUT2D eigenvalue weighted by Crippen LogP contribution is -2.41. The van der Waals surface area contributed by atoms with Crippen molar-refractivity contribution in [2.24, 2.45) is 0 Å². The van der Waals surface area contributed by atoms with Gasteiger partial charge in [0.2, 0.25) is 11.7 Å². The number of carbonyl (C=O) groups excluding carboxylic acids is 1. The Morgan fingerprint density at radius 3 is 2.97 bits per heavy atom. The molecule has 4 heterocycles. The van der Waals surface area contributed by atoms with E-state index in [-0.39, 0.29) is 23.5 Å². The third kappa shape index (κ3) is 2.90. The highest BCUT2D eigenvalue weighted by Gasteiger charge is 2.40. The van der Waals surface area contributed by atoms with Crippen LogP contribution in [0, 0.1) is 5.82 Å². The van der Waals surface area contributed by atoms with E-state index in [1.807, 2.05) is 0 Å². The second-order valence-electron chi connectivity index (χ2n) is 6.57. The molecule has 154 valence electrons. The Hall–Kier alpha value is -3.15. The van der Waals surface area contributed by atoms with E-state index < -0.39 is 35.6 Å². The van der Waals surface area contributed by atoms with Gasteiger partial charge >= 0.3 is 0 Å². The van der Waals surface area contributed by atoms with E-state index in [0.717, 1.165) is 12.1 Å². The van der Waals surface area contributed by atoms with Crippen LogP contribution in [0.25, 0.3) is 11.1 Å². The molecule has 1 aliphatic heterocycles. The van der Waals surface area contributed by atoms with Gasteiger partial charge in [-0.3, -0.25) is 4.79 Å². The number of aromatic amines is 1. The molecule has 0 fully saturated rings. The minimum atomic E-state index is -2.98. The van der Waals surface area contributed by atoms with E-state index in [4.69, 9.17) is 8.83 Å². The van der Waals surface area contributed by atoms with Crippen molar-refractivity contribution in [1.82, 2.24) is 24.8 Å². The van der Waals surface area contributed by atoms with Gasteiger partial charge in [-0.05, 0) is 12.1 Å². The zero-order valence-electron chi connectivity index (χ0n) is 14.9. The van der Waals surface area contributed by atoms with Gasteiger partial charge in [0.25, 0.3) is 12.3 Å². The molecule has 0 unspecified atom stereocenters. The predicted molar refractivity (Wildman–Crippen MR) is 98.3 cm³/mol. The van der Waals surface area contributed by atoms with Crippen molar-refractivity contribution in [3.63, 3.8) is 0 Å². The molecule has 1 aliphatic rings. The third-order valence-electron chi connectivity index (χ3n) is 4.84. The number of imidazole rings is 1. The Morgan fingerprint density at radius 2 is 2.17 bits per heavy atom. The molecule has 1 atom stereocenters. The van der Waals surface area contributed by atoms with E-state index >= 15 is 0 Å². The number of halogens is 4. The highest BCUT2D eigenvalue weighted by Crippen LogP contribution is 2.37. The largest absolute Gasteiger partial charge is 0.438 e. The fraction of sp³-hybridized carbons (Fsp3) is 0.222. The molecule has 0 spiro atoms. The molecule has 1 amide bonds. The summed E-state index contributed by atoms with van der Waals surface area (Å²) in [5.74, 6) is -2.02. The lowest BCUT2D eigenvalue weighted by Gasteiger charge is -2.32. The Kier molecular flexibility index (Phi) is 4.38. The topological polar surface area (TPSA) is 101 Å². The number of carbonyl (C=O) groups is 1. The van der Waals surface area contributed by atoms with Crippen LogP contribution in [0.5, 0.6) is 0 Å². The van der Waals surface area contributed by atoms with Gasteiger partial charge in [-0.2, -0.15) is 0 Å². The Bertz CT molecular complexity index is 1270. The summed E-state index contributed by atoms with van der Waals surface area (Å²) in [6.07, 6.45) is -0.344. The molecule has 4 aromatic rings. The number of oxazole rings is 2. The number of fused-ring (bicyclic) bond motifs is 2. The average Bonchev–Trinajstić information content (AvgIpc) is 3.44. The van der Waals surface area contributed by atoms with Crippen molar-refractivity contribution in [1.29, 1.82) is 0 Å². The normalized spacial score (nSPS) is 16.4. The maximum atomic E-state index is 14.3. The Morgan fingerprint density at radius 1 is 1.33 bits per heavy atom. The number of aromatic nitrogens is 4. The molecule has 1 N–H and O–H groups in total. The molecule has 0 bridgehead atoms. The number of alkyl halides is 2. The predicted octanol–water partition coefficient (Wildman–Crippen LogP) is 4.17. The van der Waals surface area contributed by atoms with Gasteiger partial charge in [0, 0.05) is 23.1 Å². The van der Waals surface area contributed by atoms with E-state index in [1.165, 1.54) is 17.3 Å². The highest BCUT2D eigenvalue weighted by molar-refractivity contribution is 9.10. The number of hydrogen-bond acceptors (Lipinski definition) is 6. The van der Waals surface area contributed by atoms with Gasteiger partial charge in [0.15, 0.2) is 29.5 Å². The molecule has 0 radical (unpaired) electrons. The first-order valence-electron chi connectivity index (χ1n) is 8.74. The summed E-state index contributed by atoms with van der Waals surface area (Å²) in [6, 6.07) is 1.83. The number of H-pyrrole nitrogens is 1. The molecule has 30 heavy (non-hydrogen) atoms. The van der Waals surface area contributed by atoms with Gasteiger partial charge in [-0.1, -0.05) is 15.9 Å². The Labute approximate surface area is 174 Å². The van der Waals surface area contributed by atoms with Crippen LogP contribution >= 0.6 is 15.9 Å². The zero-order chi connectivity index (χ0) is 21.0. The number of benzene rings is 1. The van der Waals surface area contributed by atoms with Crippen LogP contribution in [0.4, 0.5) is 13.2 Å². The second-order valence-corrected chi connectivity index (χ2v) is 7.49. The fourth-order valence-electron chi connectivity index (χ4n) is 3.54. The van der Waals surface area contributed by atoms with Crippen LogP contribution in [0.1, 0.15) is 46.0 Å². The molecule has 0 saturated heterocycles. The summed E-state index contributed by atoms with van der Waals surface area (Å²) in [7, 11) is 0. The number of hydrogen-bond donors (Lipinski definition) is 1. The molecule has 8 nitrogen and oxygen atoms in total. The van der Waals surface area contributed by atoms with Crippen molar-refractivity contribution in [2.75, 3.05) is 6.54 Å². The van der Waals surface area contributed by atoms with E-state index in [9.17, 15) is 18.0 Å². The lowest BCUT2D eigenvalue weighted by atomic mass is 10.0. The smallest absolute Gasteiger partial charge is 0.292 e. The van der Waals surface area contributed by atoms with E-state index in [1.54, 1.807) is 6.07 Å². The molecule has 1 aromatic carbocycles.